The summed E-state index contributed by atoms with van der Waals surface area (Å²) in [5.74, 6) is 0. The number of aromatic nitrogens is 1. The third-order valence-electron chi connectivity index (χ3n) is 4.05. The molecule has 18 heavy (non-hydrogen) atoms. The predicted octanol–water partition coefficient (Wildman–Crippen LogP) is 3.65. The molecule has 96 valence electrons. The van der Waals surface area contributed by atoms with Crippen LogP contribution in [0.1, 0.15) is 44.3 Å². The van der Waals surface area contributed by atoms with Crippen molar-refractivity contribution in [2.24, 2.45) is 5.73 Å². The Labute approximate surface area is 109 Å². The van der Waals surface area contributed by atoms with E-state index in [1.807, 2.05) is 0 Å². The van der Waals surface area contributed by atoms with E-state index in [0.29, 0.717) is 6.04 Å². The molecule has 0 radical (unpaired) electrons. The van der Waals surface area contributed by atoms with Crippen LogP contribution in [0.25, 0.3) is 10.9 Å². The SMILES string of the molecule is CC(N)Cc1cc2ccccc2n1C1CCCC1. The maximum atomic E-state index is 6.00. The zero-order valence-electron chi connectivity index (χ0n) is 11.1. The lowest BCUT2D eigenvalue weighted by Gasteiger charge is -2.18. The van der Waals surface area contributed by atoms with Gasteiger partial charge in [-0.25, -0.2) is 0 Å². The molecule has 1 aromatic carbocycles. The van der Waals surface area contributed by atoms with Crippen molar-refractivity contribution >= 4 is 10.9 Å². The van der Waals surface area contributed by atoms with E-state index >= 15 is 0 Å². The van der Waals surface area contributed by atoms with E-state index in [2.05, 4.69) is 41.8 Å². The molecule has 2 aromatic rings. The second kappa shape index (κ2) is 4.77. The molecule has 1 aliphatic rings. The molecule has 2 heteroatoms. The fraction of sp³-hybridized carbons (Fsp3) is 0.500. The Morgan fingerprint density at radius 1 is 1.28 bits per heavy atom. The molecule has 1 heterocycles. The van der Waals surface area contributed by atoms with Crippen LogP contribution in [0.3, 0.4) is 0 Å². The van der Waals surface area contributed by atoms with Crippen molar-refractivity contribution in [3.8, 4) is 0 Å². The van der Waals surface area contributed by atoms with E-state index in [1.165, 1.54) is 42.3 Å². The summed E-state index contributed by atoms with van der Waals surface area (Å²) in [7, 11) is 0. The van der Waals surface area contributed by atoms with Gasteiger partial charge in [-0.05, 0) is 37.3 Å². The predicted molar refractivity (Wildman–Crippen MR) is 76.8 cm³/mol. The van der Waals surface area contributed by atoms with Gasteiger partial charge in [0.2, 0.25) is 0 Å². The molecule has 1 atom stereocenters. The topological polar surface area (TPSA) is 30.9 Å². The monoisotopic (exact) mass is 242 g/mol. The van der Waals surface area contributed by atoms with Gasteiger partial charge in [0.25, 0.3) is 0 Å². The molecule has 2 nitrogen and oxygen atoms in total. The number of nitrogens with zero attached hydrogens (tertiary/aromatic N) is 1. The van der Waals surface area contributed by atoms with Gasteiger partial charge in [-0.1, -0.05) is 31.0 Å². The van der Waals surface area contributed by atoms with Gasteiger partial charge >= 0.3 is 0 Å². The van der Waals surface area contributed by atoms with Crippen molar-refractivity contribution in [2.45, 2.75) is 51.1 Å². The van der Waals surface area contributed by atoms with Gasteiger partial charge in [0.05, 0.1) is 0 Å². The maximum Gasteiger partial charge on any atom is 0.0485 e. The smallest absolute Gasteiger partial charge is 0.0485 e. The minimum Gasteiger partial charge on any atom is -0.341 e. The Hall–Kier alpha value is -1.28. The van der Waals surface area contributed by atoms with Crippen LogP contribution >= 0.6 is 0 Å². The largest absolute Gasteiger partial charge is 0.341 e. The van der Waals surface area contributed by atoms with Gasteiger partial charge < -0.3 is 10.3 Å². The van der Waals surface area contributed by atoms with Gasteiger partial charge in [0, 0.05) is 29.7 Å². The van der Waals surface area contributed by atoms with Crippen LogP contribution in [0.5, 0.6) is 0 Å². The summed E-state index contributed by atoms with van der Waals surface area (Å²) < 4.78 is 2.56. The molecule has 1 saturated carbocycles. The van der Waals surface area contributed by atoms with E-state index in [0.717, 1.165) is 6.42 Å². The third kappa shape index (κ3) is 2.05. The number of para-hydroxylation sites is 1. The van der Waals surface area contributed by atoms with Crippen molar-refractivity contribution < 1.29 is 0 Å². The van der Waals surface area contributed by atoms with Crippen LogP contribution < -0.4 is 5.73 Å². The lowest BCUT2D eigenvalue weighted by Crippen LogP contribution is -2.21. The summed E-state index contributed by atoms with van der Waals surface area (Å²) in [4.78, 5) is 0. The molecule has 1 aromatic heterocycles. The van der Waals surface area contributed by atoms with Crippen molar-refractivity contribution in [3.05, 3.63) is 36.0 Å². The van der Waals surface area contributed by atoms with E-state index in [-0.39, 0.29) is 6.04 Å². The lowest BCUT2D eigenvalue weighted by molar-refractivity contribution is 0.509. The van der Waals surface area contributed by atoms with E-state index in [9.17, 15) is 0 Å². The molecular formula is C16H22N2. The molecular weight excluding hydrogens is 220 g/mol. The number of fused-ring (bicyclic) bond motifs is 1. The van der Waals surface area contributed by atoms with Crippen LogP contribution in [0.2, 0.25) is 0 Å². The second-order valence-corrected chi connectivity index (χ2v) is 5.68. The average Bonchev–Trinajstić information content (AvgIpc) is 2.93. The van der Waals surface area contributed by atoms with Crippen molar-refractivity contribution in [2.75, 3.05) is 0 Å². The molecule has 2 N–H and O–H groups in total. The van der Waals surface area contributed by atoms with E-state index < -0.39 is 0 Å². The summed E-state index contributed by atoms with van der Waals surface area (Å²) in [6.07, 6.45) is 6.37. The first kappa shape index (κ1) is 11.8. The minimum absolute atomic E-state index is 0.231. The highest BCUT2D eigenvalue weighted by molar-refractivity contribution is 5.81. The fourth-order valence-electron chi connectivity index (χ4n) is 3.31. The first-order chi connectivity index (χ1) is 8.75. The summed E-state index contributed by atoms with van der Waals surface area (Å²) in [6, 6.07) is 12.0. The summed E-state index contributed by atoms with van der Waals surface area (Å²) in [5, 5.41) is 1.36. The lowest BCUT2D eigenvalue weighted by atomic mass is 10.1. The average molecular weight is 242 g/mol. The van der Waals surface area contributed by atoms with Crippen LogP contribution in [-0.2, 0) is 6.42 Å². The molecule has 1 fully saturated rings. The first-order valence-electron chi connectivity index (χ1n) is 7.10. The number of nitrogens with two attached hydrogens (primary N) is 1. The number of hydrogen-bond acceptors (Lipinski definition) is 1. The normalized spacial score (nSPS) is 18.6. The van der Waals surface area contributed by atoms with Crippen LogP contribution in [0.15, 0.2) is 30.3 Å². The van der Waals surface area contributed by atoms with E-state index in [4.69, 9.17) is 5.73 Å². The molecule has 1 aliphatic carbocycles. The summed E-state index contributed by atoms with van der Waals surface area (Å²) in [5.41, 5.74) is 8.80. The van der Waals surface area contributed by atoms with E-state index in [1.54, 1.807) is 0 Å². The molecule has 0 spiro atoms. The number of benzene rings is 1. The molecule has 3 rings (SSSR count). The summed E-state index contributed by atoms with van der Waals surface area (Å²) >= 11 is 0. The zero-order valence-corrected chi connectivity index (χ0v) is 11.1. The maximum absolute atomic E-state index is 6.00. The van der Waals surface area contributed by atoms with Crippen molar-refractivity contribution in [3.63, 3.8) is 0 Å². The Morgan fingerprint density at radius 2 is 2.00 bits per heavy atom. The molecule has 1 unspecified atom stereocenters. The Kier molecular flexibility index (Phi) is 3.13. The van der Waals surface area contributed by atoms with Crippen LogP contribution in [-0.4, -0.2) is 10.6 Å². The number of rotatable bonds is 3. The second-order valence-electron chi connectivity index (χ2n) is 5.68. The van der Waals surface area contributed by atoms with Crippen LogP contribution in [0.4, 0.5) is 0 Å². The van der Waals surface area contributed by atoms with Gasteiger partial charge in [-0.15, -0.1) is 0 Å². The Morgan fingerprint density at radius 3 is 2.72 bits per heavy atom. The van der Waals surface area contributed by atoms with Crippen molar-refractivity contribution in [1.29, 1.82) is 0 Å². The number of hydrogen-bond donors (Lipinski definition) is 1. The standard InChI is InChI=1S/C16H22N2/c1-12(17)10-15-11-13-6-2-5-9-16(13)18(15)14-7-3-4-8-14/h2,5-6,9,11-12,14H,3-4,7-8,10,17H2,1H3. The molecule has 0 saturated heterocycles. The highest BCUT2D eigenvalue weighted by Gasteiger charge is 2.21. The third-order valence-corrected chi connectivity index (χ3v) is 4.05. The first-order valence-corrected chi connectivity index (χ1v) is 7.10. The van der Waals surface area contributed by atoms with Gasteiger partial charge in [0.15, 0.2) is 0 Å². The summed E-state index contributed by atoms with van der Waals surface area (Å²) in [6.45, 7) is 2.09. The Balaban J connectivity index is 2.11. The molecule has 0 bridgehead atoms. The fourth-order valence-corrected chi connectivity index (χ4v) is 3.31. The highest BCUT2D eigenvalue weighted by atomic mass is 15.0. The van der Waals surface area contributed by atoms with Crippen LogP contribution in [0, 0.1) is 0 Å². The van der Waals surface area contributed by atoms with Crippen molar-refractivity contribution in [1.82, 2.24) is 4.57 Å². The molecule has 0 amide bonds. The van der Waals surface area contributed by atoms with Gasteiger partial charge in [-0.2, -0.15) is 0 Å². The zero-order chi connectivity index (χ0) is 12.5. The Bertz CT molecular complexity index is 533. The highest BCUT2D eigenvalue weighted by Crippen LogP contribution is 2.35. The van der Waals surface area contributed by atoms with Gasteiger partial charge in [0.1, 0.15) is 0 Å². The minimum atomic E-state index is 0.231. The van der Waals surface area contributed by atoms with Gasteiger partial charge in [-0.3, -0.25) is 0 Å². The molecule has 0 aliphatic heterocycles. The quantitative estimate of drug-likeness (QED) is 0.875.